The largest absolute Gasteiger partial charge is 0.369 e. The van der Waals surface area contributed by atoms with Crippen LogP contribution in [0.15, 0.2) is 6.07 Å². The number of hydrogen-bond donors (Lipinski definition) is 1. The van der Waals surface area contributed by atoms with Crippen LogP contribution in [0.5, 0.6) is 0 Å². The summed E-state index contributed by atoms with van der Waals surface area (Å²) in [6.45, 7) is 9.61. The van der Waals surface area contributed by atoms with Gasteiger partial charge in [-0.05, 0) is 38.0 Å². The van der Waals surface area contributed by atoms with E-state index in [0.29, 0.717) is 5.41 Å². The van der Waals surface area contributed by atoms with E-state index >= 15 is 0 Å². The molecular weight excluding hydrogens is 198 g/mol. The van der Waals surface area contributed by atoms with Gasteiger partial charge in [-0.3, -0.25) is 0 Å². The third-order valence-corrected chi connectivity index (χ3v) is 3.70. The Balaban J connectivity index is 2.00. The van der Waals surface area contributed by atoms with Crippen molar-refractivity contribution in [2.45, 2.75) is 40.5 Å². The van der Waals surface area contributed by atoms with Crippen LogP contribution in [0.2, 0.25) is 0 Å². The number of rotatable bonds is 4. The van der Waals surface area contributed by atoms with Crippen molar-refractivity contribution in [1.29, 1.82) is 0 Å². The topological polar surface area (TPSA) is 37.8 Å². The van der Waals surface area contributed by atoms with Crippen molar-refractivity contribution in [3.05, 3.63) is 17.6 Å². The zero-order chi connectivity index (χ0) is 11.8. The van der Waals surface area contributed by atoms with E-state index < -0.39 is 0 Å². The van der Waals surface area contributed by atoms with E-state index in [-0.39, 0.29) is 0 Å². The molecule has 3 heteroatoms. The third kappa shape index (κ3) is 2.34. The molecule has 16 heavy (non-hydrogen) atoms. The molecule has 0 unspecified atom stereocenters. The fraction of sp³-hybridized carbons (Fsp3) is 0.692. The molecule has 2 rings (SSSR count). The van der Waals surface area contributed by atoms with Crippen LogP contribution in [-0.4, -0.2) is 16.5 Å². The summed E-state index contributed by atoms with van der Waals surface area (Å²) in [6.07, 6.45) is 2.70. The zero-order valence-electron chi connectivity index (χ0n) is 10.7. The van der Waals surface area contributed by atoms with Gasteiger partial charge in [0.2, 0.25) is 0 Å². The summed E-state index contributed by atoms with van der Waals surface area (Å²) in [6, 6.07) is 2.02. The highest BCUT2D eigenvalue weighted by atomic mass is 15.0. The second-order valence-corrected chi connectivity index (χ2v) is 5.31. The molecule has 0 amide bonds. The lowest BCUT2D eigenvalue weighted by Gasteiger charge is -2.20. The fourth-order valence-electron chi connectivity index (χ4n) is 2.19. The average Bonchev–Trinajstić information content (AvgIpc) is 2.94. The molecule has 0 aromatic carbocycles. The molecule has 0 atom stereocenters. The summed E-state index contributed by atoms with van der Waals surface area (Å²) in [5.74, 6) is 2.57. The molecule has 0 spiro atoms. The normalized spacial score (nSPS) is 17.6. The summed E-state index contributed by atoms with van der Waals surface area (Å²) >= 11 is 0. The minimum Gasteiger partial charge on any atom is -0.369 e. The van der Waals surface area contributed by atoms with E-state index in [4.69, 9.17) is 0 Å². The molecule has 1 aliphatic carbocycles. The third-order valence-electron chi connectivity index (χ3n) is 3.70. The SMILES string of the molecule is Cc1cc(NCC2(C(C)C)CC2)nc(C)n1. The molecule has 3 nitrogen and oxygen atoms in total. The molecular formula is C13H21N3. The molecule has 88 valence electrons. The van der Waals surface area contributed by atoms with Gasteiger partial charge in [0.25, 0.3) is 0 Å². The monoisotopic (exact) mass is 219 g/mol. The Morgan fingerprint density at radius 2 is 2.00 bits per heavy atom. The first-order chi connectivity index (χ1) is 7.52. The number of nitrogens with zero attached hydrogens (tertiary/aromatic N) is 2. The minimum atomic E-state index is 0.521. The van der Waals surface area contributed by atoms with Crippen LogP contribution in [0.4, 0.5) is 5.82 Å². The molecule has 0 aliphatic heterocycles. The van der Waals surface area contributed by atoms with Gasteiger partial charge < -0.3 is 5.32 Å². The number of anilines is 1. The quantitative estimate of drug-likeness (QED) is 0.846. The maximum absolute atomic E-state index is 4.40. The molecule has 1 aliphatic rings. The van der Waals surface area contributed by atoms with Crippen molar-refractivity contribution in [1.82, 2.24) is 9.97 Å². The van der Waals surface area contributed by atoms with Gasteiger partial charge in [0.05, 0.1) is 0 Å². The minimum absolute atomic E-state index is 0.521. The second-order valence-electron chi connectivity index (χ2n) is 5.31. The molecule has 1 fully saturated rings. The van der Waals surface area contributed by atoms with Gasteiger partial charge in [-0.25, -0.2) is 9.97 Å². The zero-order valence-corrected chi connectivity index (χ0v) is 10.7. The number of aromatic nitrogens is 2. The molecule has 1 aromatic rings. The van der Waals surface area contributed by atoms with E-state index in [1.807, 2.05) is 19.9 Å². The highest BCUT2D eigenvalue weighted by Gasteiger charge is 2.44. The molecule has 1 saturated carbocycles. The van der Waals surface area contributed by atoms with E-state index in [0.717, 1.165) is 29.8 Å². The van der Waals surface area contributed by atoms with Gasteiger partial charge in [0, 0.05) is 18.3 Å². The van der Waals surface area contributed by atoms with Gasteiger partial charge >= 0.3 is 0 Å². The van der Waals surface area contributed by atoms with Gasteiger partial charge in [-0.1, -0.05) is 13.8 Å². The maximum atomic E-state index is 4.40. The van der Waals surface area contributed by atoms with E-state index in [1.54, 1.807) is 0 Å². The summed E-state index contributed by atoms with van der Waals surface area (Å²) in [5, 5.41) is 3.46. The van der Waals surface area contributed by atoms with Gasteiger partial charge in [0.15, 0.2) is 0 Å². The van der Waals surface area contributed by atoms with E-state index in [9.17, 15) is 0 Å². The standard InChI is InChI=1S/C13H21N3/c1-9(2)13(5-6-13)8-14-12-7-10(3)15-11(4)16-12/h7,9H,5-6,8H2,1-4H3,(H,14,15,16). The number of aryl methyl sites for hydroxylation is 2. The molecule has 1 heterocycles. The van der Waals surface area contributed by atoms with Crippen LogP contribution in [-0.2, 0) is 0 Å². The lowest BCUT2D eigenvalue weighted by molar-refractivity contribution is 0.380. The predicted molar refractivity (Wildman–Crippen MR) is 66.5 cm³/mol. The average molecular weight is 219 g/mol. The highest BCUT2D eigenvalue weighted by Crippen LogP contribution is 2.51. The Kier molecular flexibility index (Phi) is 2.87. The van der Waals surface area contributed by atoms with Crippen molar-refractivity contribution < 1.29 is 0 Å². The van der Waals surface area contributed by atoms with Gasteiger partial charge in [-0.15, -0.1) is 0 Å². The van der Waals surface area contributed by atoms with Crippen LogP contribution in [0, 0.1) is 25.2 Å². The first-order valence-electron chi connectivity index (χ1n) is 6.08. The van der Waals surface area contributed by atoms with E-state index in [2.05, 4.69) is 29.1 Å². The van der Waals surface area contributed by atoms with E-state index in [1.165, 1.54) is 12.8 Å². The summed E-state index contributed by atoms with van der Waals surface area (Å²) < 4.78 is 0. The van der Waals surface area contributed by atoms with Crippen molar-refractivity contribution in [3.63, 3.8) is 0 Å². The summed E-state index contributed by atoms with van der Waals surface area (Å²) in [4.78, 5) is 8.68. The van der Waals surface area contributed by atoms with Crippen LogP contribution in [0.1, 0.15) is 38.2 Å². The molecule has 0 bridgehead atoms. The fourth-order valence-corrected chi connectivity index (χ4v) is 2.19. The Morgan fingerprint density at radius 3 is 2.50 bits per heavy atom. The summed E-state index contributed by atoms with van der Waals surface area (Å²) in [7, 11) is 0. The molecule has 0 saturated heterocycles. The van der Waals surface area contributed by atoms with Gasteiger partial charge in [-0.2, -0.15) is 0 Å². The van der Waals surface area contributed by atoms with Crippen LogP contribution < -0.4 is 5.32 Å². The Hall–Kier alpha value is -1.12. The lowest BCUT2D eigenvalue weighted by Crippen LogP contribution is -2.21. The van der Waals surface area contributed by atoms with Gasteiger partial charge in [0.1, 0.15) is 11.6 Å². The number of hydrogen-bond acceptors (Lipinski definition) is 3. The molecule has 1 N–H and O–H groups in total. The molecule has 0 radical (unpaired) electrons. The maximum Gasteiger partial charge on any atom is 0.129 e. The van der Waals surface area contributed by atoms with Crippen molar-refractivity contribution in [3.8, 4) is 0 Å². The highest BCUT2D eigenvalue weighted by molar-refractivity contribution is 5.36. The molecule has 1 aromatic heterocycles. The Bertz CT molecular complexity index is 361. The predicted octanol–water partition coefficient (Wildman–Crippen LogP) is 2.94. The van der Waals surface area contributed by atoms with Crippen molar-refractivity contribution in [2.24, 2.45) is 11.3 Å². The first-order valence-corrected chi connectivity index (χ1v) is 6.08. The first kappa shape index (κ1) is 11.4. The number of nitrogens with one attached hydrogen (secondary N) is 1. The summed E-state index contributed by atoms with van der Waals surface area (Å²) in [5.41, 5.74) is 1.55. The second kappa shape index (κ2) is 4.04. The smallest absolute Gasteiger partial charge is 0.129 e. The Morgan fingerprint density at radius 1 is 1.31 bits per heavy atom. The lowest BCUT2D eigenvalue weighted by atomic mass is 9.92. The Labute approximate surface area is 97.7 Å². The van der Waals surface area contributed by atoms with Crippen LogP contribution in [0.3, 0.4) is 0 Å². The van der Waals surface area contributed by atoms with Crippen molar-refractivity contribution in [2.75, 3.05) is 11.9 Å². The van der Waals surface area contributed by atoms with Crippen LogP contribution >= 0.6 is 0 Å². The van der Waals surface area contributed by atoms with Crippen molar-refractivity contribution >= 4 is 5.82 Å². The van der Waals surface area contributed by atoms with Crippen LogP contribution in [0.25, 0.3) is 0 Å².